The quantitative estimate of drug-likeness (QED) is 0.498. The normalized spacial score (nSPS) is 26.8. The zero-order valence-corrected chi connectivity index (χ0v) is 15.8. The van der Waals surface area contributed by atoms with Crippen molar-refractivity contribution in [2.45, 2.75) is 63.7 Å². The largest absolute Gasteiger partial charge is 0.481 e. The van der Waals surface area contributed by atoms with Crippen molar-refractivity contribution in [3.05, 3.63) is 60.7 Å². The third-order valence-corrected chi connectivity index (χ3v) is 6.71. The van der Waals surface area contributed by atoms with Gasteiger partial charge in [0.1, 0.15) is 0 Å². The Labute approximate surface area is 158 Å². The van der Waals surface area contributed by atoms with Crippen LogP contribution in [0.4, 0.5) is 0 Å². The number of allylic oxidation sites excluding steroid dienone is 3. The highest BCUT2D eigenvalue weighted by molar-refractivity contribution is 5.71. The summed E-state index contributed by atoms with van der Waals surface area (Å²) in [6.45, 7) is 3.76. The number of rotatable bonds is 10. The zero-order chi connectivity index (χ0) is 18.4. The molecule has 0 saturated heterocycles. The van der Waals surface area contributed by atoms with Gasteiger partial charge >= 0.3 is 5.97 Å². The second-order valence-electron chi connectivity index (χ2n) is 8.39. The van der Waals surface area contributed by atoms with Gasteiger partial charge in [-0.1, -0.05) is 48.6 Å². The summed E-state index contributed by atoms with van der Waals surface area (Å²) in [6, 6.07) is 10.1. The molecule has 0 radical (unpaired) electrons. The van der Waals surface area contributed by atoms with E-state index in [2.05, 4.69) is 30.9 Å². The molecule has 1 aromatic rings. The molecule has 2 atom stereocenters. The van der Waals surface area contributed by atoms with Gasteiger partial charge < -0.3 is 5.11 Å². The summed E-state index contributed by atoms with van der Waals surface area (Å²) in [5.41, 5.74) is 1.70. The number of hydrogen-bond acceptors (Lipinski definition) is 1. The van der Waals surface area contributed by atoms with Crippen LogP contribution in [0, 0.1) is 17.3 Å². The van der Waals surface area contributed by atoms with E-state index in [9.17, 15) is 9.90 Å². The Morgan fingerprint density at radius 1 is 1.23 bits per heavy atom. The Hall–Kier alpha value is -1.83. The standard InChI is InChI=1S/C24H32O2/c1-2-3-11-22(23(25)26)21(20-9-5-4-6-10-20)12-7-8-15-24-16-13-19(18-24)14-17-24/h2,4-10,19,21-22H,1,3,11-18H2,(H,25,26). The first-order valence-corrected chi connectivity index (χ1v) is 10.2. The maximum Gasteiger partial charge on any atom is 0.307 e. The topological polar surface area (TPSA) is 37.3 Å². The molecule has 0 amide bonds. The van der Waals surface area contributed by atoms with Gasteiger partial charge in [0.15, 0.2) is 0 Å². The van der Waals surface area contributed by atoms with Crippen molar-refractivity contribution in [1.29, 1.82) is 0 Å². The molecule has 26 heavy (non-hydrogen) atoms. The van der Waals surface area contributed by atoms with E-state index in [1.807, 2.05) is 24.3 Å². The molecule has 0 aliphatic heterocycles. The lowest BCUT2D eigenvalue weighted by Crippen LogP contribution is -2.22. The summed E-state index contributed by atoms with van der Waals surface area (Å²) >= 11 is 0. The summed E-state index contributed by atoms with van der Waals surface area (Å²) in [4.78, 5) is 11.9. The first-order valence-electron chi connectivity index (χ1n) is 10.2. The number of carboxylic acid groups (broad SMARTS) is 1. The lowest BCUT2D eigenvalue weighted by molar-refractivity contribution is -0.142. The number of aliphatic carboxylic acids is 1. The average Bonchev–Trinajstić information content (AvgIpc) is 3.25. The predicted molar refractivity (Wildman–Crippen MR) is 107 cm³/mol. The van der Waals surface area contributed by atoms with Crippen molar-refractivity contribution in [2.24, 2.45) is 17.3 Å². The minimum atomic E-state index is -0.692. The number of carboxylic acids is 1. The summed E-state index contributed by atoms with van der Waals surface area (Å²) < 4.78 is 0. The van der Waals surface area contributed by atoms with Crippen molar-refractivity contribution in [3.8, 4) is 0 Å². The first-order chi connectivity index (χ1) is 12.6. The molecule has 0 aromatic heterocycles. The average molecular weight is 353 g/mol. The molecule has 2 saturated carbocycles. The fraction of sp³-hybridized carbons (Fsp3) is 0.542. The SMILES string of the molecule is C=CCCC(C(=O)O)C(CC=CCC12CCC(CC1)C2)c1ccccc1. The fourth-order valence-corrected chi connectivity index (χ4v) is 5.20. The molecule has 2 fully saturated rings. The second kappa shape index (κ2) is 8.70. The van der Waals surface area contributed by atoms with Crippen LogP contribution in [0.25, 0.3) is 0 Å². The monoisotopic (exact) mass is 352 g/mol. The molecule has 1 aromatic carbocycles. The summed E-state index contributed by atoms with van der Waals surface area (Å²) in [5, 5.41) is 9.79. The molecular formula is C24H32O2. The van der Waals surface area contributed by atoms with Crippen LogP contribution >= 0.6 is 0 Å². The van der Waals surface area contributed by atoms with Crippen molar-refractivity contribution < 1.29 is 9.90 Å². The Morgan fingerprint density at radius 3 is 2.54 bits per heavy atom. The van der Waals surface area contributed by atoms with Crippen molar-refractivity contribution in [2.75, 3.05) is 0 Å². The lowest BCUT2D eigenvalue weighted by atomic mass is 9.79. The molecule has 2 bridgehead atoms. The van der Waals surface area contributed by atoms with Crippen LogP contribution in [0.5, 0.6) is 0 Å². The molecule has 3 rings (SSSR count). The van der Waals surface area contributed by atoms with E-state index in [-0.39, 0.29) is 11.8 Å². The minimum Gasteiger partial charge on any atom is -0.481 e. The molecule has 1 N–H and O–H groups in total. The Balaban J connectivity index is 1.67. The highest BCUT2D eigenvalue weighted by Crippen LogP contribution is 2.56. The van der Waals surface area contributed by atoms with Crippen molar-refractivity contribution in [3.63, 3.8) is 0 Å². The smallest absolute Gasteiger partial charge is 0.307 e. The van der Waals surface area contributed by atoms with Gasteiger partial charge in [-0.15, -0.1) is 6.58 Å². The Bertz CT molecular complexity index is 623. The van der Waals surface area contributed by atoms with Gasteiger partial charge in [0.2, 0.25) is 0 Å². The van der Waals surface area contributed by atoms with E-state index in [1.54, 1.807) is 0 Å². The first kappa shape index (κ1) is 18.9. The van der Waals surface area contributed by atoms with E-state index in [0.717, 1.165) is 24.3 Å². The third-order valence-electron chi connectivity index (χ3n) is 6.71. The number of fused-ring (bicyclic) bond motifs is 2. The molecule has 2 aliphatic carbocycles. The summed E-state index contributed by atoms with van der Waals surface area (Å²) in [6.07, 6.45) is 16.8. The number of benzene rings is 1. The van der Waals surface area contributed by atoms with Gasteiger partial charge in [0, 0.05) is 5.92 Å². The molecule has 140 valence electrons. The van der Waals surface area contributed by atoms with Gasteiger partial charge in [-0.05, 0) is 74.7 Å². The van der Waals surface area contributed by atoms with E-state index < -0.39 is 5.97 Å². The predicted octanol–water partition coefficient (Wildman–Crippen LogP) is 6.35. The second-order valence-corrected chi connectivity index (χ2v) is 8.39. The summed E-state index contributed by atoms with van der Waals surface area (Å²) in [7, 11) is 0. The summed E-state index contributed by atoms with van der Waals surface area (Å²) in [5.74, 6) is -0.0410. The van der Waals surface area contributed by atoms with E-state index in [0.29, 0.717) is 11.8 Å². The number of hydrogen-bond donors (Lipinski definition) is 1. The van der Waals surface area contributed by atoms with Crippen LogP contribution in [0.1, 0.15) is 69.3 Å². The van der Waals surface area contributed by atoms with E-state index in [4.69, 9.17) is 0 Å². The van der Waals surface area contributed by atoms with Crippen LogP contribution in [0.2, 0.25) is 0 Å². The minimum absolute atomic E-state index is 0.0299. The van der Waals surface area contributed by atoms with E-state index in [1.165, 1.54) is 38.5 Å². The van der Waals surface area contributed by atoms with Crippen molar-refractivity contribution in [1.82, 2.24) is 0 Å². The maximum atomic E-state index is 11.9. The fourth-order valence-electron chi connectivity index (χ4n) is 5.20. The van der Waals surface area contributed by atoms with Gasteiger partial charge in [-0.3, -0.25) is 4.79 Å². The van der Waals surface area contributed by atoms with E-state index >= 15 is 0 Å². The molecule has 0 heterocycles. The van der Waals surface area contributed by atoms with Crippen LogP contribution in [0.3, 0.4) is 0 Å². The van der Waals surface area contributed by atoms with Crippen LogP contribution < -0.4 is 0 Å². The van der Waals surface area contributed by atoms with Crippen molar-refractivity contribution >= 4 is 5.97 Å². The van der Waals surface area contributed by atoms with Gasteiger partial charge in [-0.25, -0.2) is 0 Å². The molecular weight excluding hydrogens is 320 g/mol. The van der Waals surface area contributed by atoms with Crippen LogP contribution in [0.15, 0.2) is 55.1 Å². The van der Waals surface area contributed by atoms with Gasteiger partial charge in [-0.2, -0.15) is 0 Å². The highest BCUT2D eigenvalue weighted by Gasteiger charge is 2.43. The van der Waals surface area contributed by atoms with Gasteiger partial charge in [0.05, 0.1) is 5.92 Å². The molecule has 2 aliphatic rings. The lowest BCUT2D eigenvalue weighted by Gasteiger charge is -2.25. The third kappa shape index (κ3) is 4.47. The number of carbonyl (C=O) groups is 1. The molecule has 2 nitrogen and oxygen atoms in total. The van der Waals surface area contributed by atoms with Crippen LogP contribution in [-0.4, -0.2) is 11.1 Å². The Kier molecular flexibility index (Phi) is 6.34. The van der Waals surface area contributed by atoms with Crippen LogP contribution in [-0.2, 0) is 4.79 Å². The highest BCUT2D eigenvalue weighted by atomic mass is 16.4. The maximum absolute atomic E-state index is 11.9. The molecule has 2 heteroatoms. The molecule has 2 unspecified atom stereocenters. The molecule has 0 spiro atoms. The van der Waals surface area contributed by atoms with Gasteiger partial charge in [0.25, 0.3) is 0 Å². The Morgan fingerprint density at radius 2 is 1.96 bits per heavy atom. The zero-order valence-electron chi connectivity index (χ0n) is 15.8.